The van der Waals surface area contributed by atoms with Gasteiger partial charge in [0.2, 0.25) is 0 Å². The van der Waals surface area contributed by atoms with Gasteiger partial charge < -0.3 is 5.32 Å². The fraction of sp³-hybridized carbons (Fsp3) is 0.294. The van der Waals surface area contributed by atoms with E-state index < -0.39 is 0 Å². The Kier molecular flexibility index (Phi) is 4.43. The van der Waals surface area contributed by atoms with Crippen molar-refractivity contribution < 1.29 is 0 Å². The fourth-order valence-corrected chi connectivity index (χ4v) is 3.14. The third-order valence-corrected chi connectivity index (χ3v) is 4.10. The highest BCUT2D eigenvalue weighted by atomic mass is 79.9. The average molecular weight is 318 g/mol. The van der Waals surface area contributed by atoms with Crippen molar-refractivity contribution in [3.05, 3.63) is 68.7 Å². The maximum atomic E-state index is 3.59. The molecule has 0 aromatic heterocycles. The summed E-state index contributed by atoms with van der Waals surface area (Å²) in [6.07, 6.45) is 0. The molecule has 19 heavy (non-hydrogen) atoms. The van der Waals surface area contributed by atoms with Crippen molar-refractivity contribution in [3.63, 3.8) is 0 Å². The zero-order valence-corrected chi connectivity index (χ0v) is 13.5. The van der Waals surface area contributed by atoms with Crippen molar-refractivity contribution in [2.75, 3.05) is 7.05 Å². The molecule has 1 unspecified atom stereocenters. The highest BCUT2D eigenvalue weighted by molar-refractivity contribution is 9.10. The summed E-state index contributed by atoms with van der Waals surface area (Å²) in [7, 11) is 2.02. The molecule has 2 heteroatoms. The normalized spacial score (nSPS) is 12.5. The first-order valence-electron chi connectivity index (χ1n) is 6.53. The predicted octanol–water partition coefficient (Wildman–Crippen LogP) is 4.68. The molecule has 0 radical (unpaired) electrons. The number of aryl methyl sites for hydroxylation is 2. The number of hydrogen-bond acceptors (Lipinski definition) is 1. The highest BCUT2D eigenvalue weighted by Crippen LogP contribution is 2.28. The number of halogens is 1. The van der Waals surface area contributed by atoms with Crippen LogP contribution in [0.3, 0.4) is 0 Å². The van der Waals surface area contributed by atoms with E-state index in [0.29, 0.717) is 0 Å². The molecular weight excluding hydrogens is 298 g/mol. The Bertz CT molecular complexity index is 570. The minimum Gasteiger partial charge on any atom is -0.309 e. The van der Waals surface area contributed by atoms with Gasteiger partial charge in [0, 0.05) is 4.47 Å². The van der Waals surface area contributed by atoms with Crippen LogP contribution in [0.1, 0.15) is 33.9 Å². The summed E-state index contributed by atoms with van der Waals surface area (Å²) in [6.45, 7) is 6.49. The van der Waals surface area contributed by atoms with E-state index in [-0.39, 0.29) is 6.04 Å². The van der Waals surface area contributed by atoms with Gasteiger partial charge in [-0.2, -0.15) is 0 Å². The van der Waals surface area contributed by atoms with Crippen LogP contribution in [0.5, 0.6) is 0 Å². The van der Waals surface area contributed by atoms with Gasteiger partial charge in [0.1, 0.15) is 0 Å². The van der Waals surface area contributed by atoms with Gasteiger partial charge in [-0.15, -0.1) is 0 Å². The van der Waals surface area contributed by atoms with E-state index in [1.807, 2.05) is 7.05 Å². The summed E-state index contributed by atoms with van der Waals surface area (Å²) in [5.74, 6) is 0. The number of rotatable bonds is 3. The van der Waals surface area contributed by atoms with Crippen LogP contribution >= 0.6 is 15.9 Å². The minimum atomic E-state index is 0.232. The van der Waals surface area contributed by atoms with Gasteiger partial charge in [0.05, 0.1) is 6.04 Å². The molecule has 1 nitrogen and oxygen atoms in total. The first-order chi connectivity index (χ1) is 9.02. The predicted molar refractivity (Wildman–Crippen MR) is 85.7 cm³/mol. The van der Waals surface area contributed by atoms with E-state index in [2.05, 4.69) is 78.4 Å². The topological polar surface area (TPSA) is 12.0 Å². The monoisotopic (exact) mass is 317 g/mol. The van der Waals surface area contributed by atoms with E-state index in [1.54, 1.807) is 0 Å². The lowest BCUT2D eigenvalue weighted by atomic mass is 9.92. The largest absolute Gasteiger partial charge is 0.309 e. The second-order valence-electron chi connectivity index (χ2n) is 5.07. The SMILES string of the molecule is CNC(c1cc(C)cc(Br)c1)c1cccc(C)c1C. The quantitative estimate of drug-likeness (QED) is 0.866. The molecule has 2 aromatic rings. The van der Waals surface area contributed by atoms with Crippen LogP contribution in [0, 0.1) is 20.8 Å². The molecule has 1 atom stereocenters. The van der Waals surface area contributed by atoms with Crippen LogP contribution < -0.4 is 5.32 Å². The third-order valence-electron chi connectivity index (χ3n) is 3.64. The summed E-state index contributed by atoms with van der Waals surface area (Å²) in [5, 5.41) is 3.44. The van der Waals surface area contributed by atoms with Gasteiger partial charge in [-0.25, -0.2) is 0 Å². The second kappa shape index (κ2) is 5.89. The molecule has 2 rings (SSSR count). The van der Waals surface area contributed by atoms with Crippen molar-refractivity contribution in [2.24, 2.45) is 0 Å². The standard InChI is InChI=1S/C17H20BrN/c1-11-8-14(10-15(18)9-11)17(19-4)16-7-5-6-12(2)13(16)3/h5-10,17,19H,1-4H3. The van der Waals surface area contributed by atoms with Gasteiger partial charge in [0.15, 0.2) is 0 Å². The Morgan fingerprint density at radius 3 is 2.42 bits per heavy atom. The Labute approximate surface area is 124 Å². The van der Waals surface area contributed by atoms with Crippen LogP contribution in [0.25, 0.3) is 0 Å². The first kappa shape index (κ1) is 14.3. The molecule has 2 aromatic carbocycles. The van der Waals surface area contributed by atoms with E-state index in [9.17, 15) is 0 Å². The molecular formula is C17H20BrN. The molecule has 0 aliphatic rings. The zero-order chi connectivity index (χ0) is 14.0. The van der Waals surface area contributed by atoms with Crippen LogP contribution in [0.2, 0.25) is 0 Å². The van der Waals surface area contributed by atoms with Crippen molar-refractivity contribution in [2.45, 2.75) is 26.8 Å². The molecule has 0 amide bonds. The maximum Gasteiger partial charge on any atom is 0.0577 e. The van der Waals surface area contributed by atoms with Crippen LogP contribution in [0.15, 0.2) is 40.9 Å². The Morgan fingerprint density at radius 1 is 1.05 bits per heavy atom. The Hall–Kier alpha value is -1.12. The van der Waals surface area contributed by atoms with Gasteiger partial charge in [-0.1, -0.05) is 40.2 Å². The van der Waals surface area contributed by atoms with Gasteiger partial charge in [0.25, 0.3) is 0 Å². The average Bonchev–Trinajstić information content (AvgIpc) is 2.34. The molecule has 0 bridgehead atoms. The van der Waals surface area contributed by atoms with E-state index in [4.69, 9.17) is 0 Å². The second-order valence-corrected chi connectivity index (χ2v) is 5.99. The lowest BCUT2D eigenvalue weighted by Gasteiger charge is -2.21. The van der Waals surface area contributed by atoms with Crippen molar-refractivity contribution in [1.29, 1.82) is 0 Å². The van der Waals surface area contributed by atoms with Crippen molar-refractivity contribution in [1.82, 2.24) is 5.32 Å². The van der Waals surface area contributed by atoms with Gasteiger partial charge >= 0.3 is 0 Å². The highest BCUT2D eigenvalue weighted by Gasteiger charge is 2.15. The molecule has 100 valence electrons. The van der Waals surface area contributed by atoms with Crippen LogP contribution in [0.4, 0.5) is 0 Å². The molecule has 0 spiro atoms. The molecule has 0 aliphatic heterocycles. The summed E-state index contributed by atoms with van der Waals surface area (Å²) in [4.78, 5) is 0. The van der Waals surface area contributed by atoms with Gasteiger partial charge in [-0.3, -0.25) is 0 Å². The first-order valence-corrected chi connectivity index (χ1v) is 7.32. The van der Waals surface area contributed by atoms with Crippen molar-refractivity contribution in [3.8, 4) is 0 Å². The minimum absolute atomic E-state index is 0.232. The molecule has 0 fully saturated rings. The van der Waals surface area contributed by atoms with Gasteiger partial charge in [-0.05, 0) is 67.8 Å². The molecule has 0 saturated carbocycles. The van der Waals surface area contributed by atoms with E-state index in [0.717, 1.165) is 4.47 Å². The number of nitrogens with one attached hydrogen (secondary N) is 1. The molecule has 0 aliphatic carbocycles. The summed E-state index contributed by atoms with van der Waals surface area (Å²) >= 11 is 3.59. The maximum absolute atomic E-state index is 3.59. The third kappa shape index (κ3) is 3.07. The molecule has 1 N–H and O–H groups in total. The van der Waals surface area contributed by atoms with Crippen molar-refractivity contribution >= 4 is 15.9 Å². The van der Waals surface area contributed by atoms with E-state index >= 15 is 0 Å². The molecule has 0 heterocycles. The summed E-state index contributed by atoms with van der Waals surface area (Å²) in [6, 6.07) is 13.3. The fourth-order valence-electron chi connectivity index (χ4n) is 2.52. The Morgan fingerprint density at radius 2 is 1.79 bits per heavy atom. The lowest BCUT2D eigenvalue weighted by Crippen LogP contribution is -2.19. The molecule has 0 saturated heterocycles. The summed E-state index contributed by atoms with van der Waals surface area (Å²) in [5.41, 5.74) is 6.61. The van der Waals surface area contributed by atoms with E-state index in [1.165, 1.54) is 27.8 Å². The van der Waals surface area contributed by atoms with Crippen LogP contribution in [-0.2, 0) is 0 Å². The summed E-state index contributed by atoms with van der Waals surface area (Å²) < 4.78 is 1.13. The van der Waals surface area contributed by atoms with Crippen LogP contribution in [-0.4, -0.2) is 7.05 Å². The smallest absolute Gasteiger partial charge is 0.0577 e. The number of benzene rings is 2. The number of hydrogen-bond donors (Lipinski definition) is 1. The Balaban J connectivity index is 2.53. The lowest BCUT2D eigenvalue weighted by molar-refractivity contribution is 0.686. The zero-order valence-electron chi connectivity index (χ0n) is 11.9.